The average molecular weight is 274 g/mol. The molecule has 2 aromatic heterocycles. The van der Waals surface area contributed by atoms with Gasteiger partial charge in [0.1, 0.15) is 11.4 Å². The zero-order valence-corrected chi connectivity index (χ0v) is 11.6. The van der Waals surface area contributed by atoms with Gasteiger partial charge < -0.3 is 10.1 Å². The van der Waals surface area contributed by atoms with Crippen LogP contribution < -0.4 is 5.32 Å². The number of carbonyl (C=O) groups is 1. The lowest BCUT2D eigenvalue weighted by atomic mass is 10.2. The van der Waals surface area contributed by atoms with Gasteiger partial charge in [0.2, 0.25) is 0 Å². The average Bonchev–Trinajstić information content (AvgIpc) is 2.92. The second-order valence-electron chi connectivity index (χ2n) is 4.39. The molecule has 20 heavy (non-hydrogen) atoms. The summed E-state index contributed by atoms with van der Waals surface area (Å²) in [5, 5.41) is 7.36. The van der Waals surface area contributed by atoms with Crippen molar-refractivity contribution in [2.45, 2.75) is 26.4 Å². The minimum absolute atomic E-state index is 0.0815. The highest BCUT2D eigenvalue weighted by Gasteiger charge is 2.15. The van der Waals surface area contributed by atoms with Gasteiger partial charge in [0.15, 0.2) is 0 Å². The summed E-state index contributed by atoms with van der Waals surface area (Å²) in [6.07, 6.45) is 5.27. The van der Waals surface area contributed by atoms with Crippen molar-refractivity contribution in [2.24, 2.45) is 0 Å². The molecule has 0 saturated heterocycles. The number of hydrogen-bond acceptors (Lipinski definition) is 5. The first kappa shape index (κ1) is 14.0. The van der Waals surface area contributed by atoms with E-state index in [2.05, 4.69) is 15.4 Å². The number of aromatic nitrogens is 3. The minimum atomic E-state index is -0.366. The fraction of sp³-hybridized carbons (Fsp3) is 0.357. The molecule has 2 aromatic rings. The van der Waals surface area contributed by atoms with Crippen molar-refractivity contribution in [2.75, 3.05) is 11.9 Å². The first-order valence-corrected chi connectivity index (χ1v) is 6.56. The summed E-state index contributed by atoms with van der Waals surface area (Å²) in [5.74, 6) is 0.167. The zero-order valence-electron chi connectivity index (χ0n) is 11.6. The Morgan fingerprint density at radius 2 is 2.30 bits per heavy atom. The SMILES string of the molecule is CCOC(=O)c1cccnc1NC(C)Cn1cccn1. The standard InChI is InChI=1S/C14H18N4O2/c1-3-20-14(19)12-6-4-7-15-13(12)17-11(2)10-18-9-5-8-16-18/h4-9,11H,3,10H2,1-2H3,(H,15,17). The van der Waals surface area contributed by atoms with Crippen LogP contribution in [0, 0.1) is 0 Å². The summed E-state index contributed by atoms with van der Waals surface area (Å²) in [4.78, 5) is 16.1. The van der Waals surface area contributed by atoms with Crippen LogP contribution >= 0.6 is 0 Å². The van der Waals surface area contributed by atoms with Gasteiger partial charge in [-0.1, -0.05) is 0 Å². The number of nitrogens with one attached hydrogen (secondary N) is 1. The number of rotatable bonds is 6. The predicted molar refractivity (Wildman–Crippen MR) is 75.5 cm³/mol. The number of carbonyl (C=O) groups excluding carboxylic acids is 1. The van der Waals surface area contributed by atoms with Gasteiger partial charge >= 0.3 is 5.97 Å². The van der Waals surface area contributed by atoms with Gasteiger partial charge in [-0.15, -0.1) is 0 Å². The monoisotopic (exact) mass is 274 g/mol. The molecule has 0 amide bonds. The van der Waals surface area contributed by atoms with Gasteiger partial charge in [-0.3, -0.25) is 4.68 Å². The molecule has 0 aliphatic carbocycles. The van der Waals surface area contributed by atoms with E-state index in [1.807, 2.05) is 23.9 Å². The van der Waals surface area contributed by atoms with E-state index in [-0.39, 0.29) is 12.0 Å². The Labute approximate surface area is 117 Å². The van der Waals surface area contributed by atoms with E-state index in [4.69, 9.17) is 4.74 Å². The molecule has 6 heteroatoms. The molecule has 106 valence electrons. The van der Waals surface area contributed by atoms with Crippen LogP contribution in [0.15, 0.2) is 36.8 Å². The third kappa shape index (κ3) is 3.57. The molecule has 6 nitrogen and oxygen atoms in total. The summed E-state index contributed by atoms with van der Waals surface area (Å²) in [5.41, 5.74) is 0.446. The van der Waals surface area contributed by atoms with Crippen LogP contribution in [0.25, 0.3) is 0 Å². The van der Waals surface area contributed by atoms with Gasteiger partial charge in [0.05, 0.1) is 13.2 Å². The van der Waals surface area contributed by atoms with Gasteiger partial charge in [-0.2, -0.15) is 5.10 Å². The molecule has 0 aliphatic rings. The fourth-order valence-corrected chi connectivity index (χ4v) is 1.86. The van der Waals surface area contributed by atoms with Crippen LogP contribution in [-0.4, -0.2) is 33.4 Å². The number of nitrogens with zero attached hydrogens (tertiary/aromatic N) is 3. The van der Waals surface area contributed by atoms with Crippen molar-refractivity contribution < 1.29 is 9.53 Å². The molecule has 0 aliphatic heterocycles. The Morgan fingerprint density at radius 1 is 1.45 bits per heavy atom. The first-order valence-electron chi connectivity index (χ1n) is 6.56. The third-order valence-corrected chi connectivity index (χ3v) is 2.71. The Bertz CT molecular complexity index is 554. The van der Waals surface area contributed by atoms with E-state index >= 15 is 0 Å². The normalized spacial score (nSPS) is 11.9. The molecule has 0 saturated carbocycles. The summed E-state index contributed by atoms with van der Waals surface area (Å²) >= 11 is 0. The third-order valence-electron chi connectivity index (χ3n) is 2.71. The Balaban J connectivity index is 2.06. The molecular formula is C14H18N4O2. The molecule has 0 radical (unpaired) electrons. The van der Waals surface area contributed by atoms with Crippen LogP contribution in [0.3, 0.4) is 0 Å². The Kier molecular flexibility index (Phi) is 4.70. The summed E-state index contributed by atoms with van der Waals surface area (Å²) in [6.45, 7) is 4.81. The van der Waals surface area contributed by atoms with E-state index in [9.17, 15) is 4.79 Å². The van der Waals surface area contributed by atoms with Crippen molar-refractivity contribution in [3.8, 4) is 0 Å². The van der Waals surface area contributed by atoms with E-state index in [1.54, 1.807) is 31.5 Å². The fourth-order valence-electron chi connectivity index (χ4n) is 1.86. The van der Waals surface area contributed by atoms with E-state index in [1.165, 1.54) is 0 Å². The van der Waals surface area contributed by atoms with Crippen LogP contribution in [0.5, 0.6) is 0 Å². The number of hydrogen-bond donors (Lipinski definition) is 1. The molecule has 0 fully saturated rings. The Morgan fingerprint density at radius 3 is 3.00 bits per heavy atom. The zero-order chi connectivity index (χ0) is 14.4. The van der Waals surface area contributed by atoms with E-state index < -0.39 is 0 Å². The molecule has 0 spiro atoms. The molecule has 2 rings (SSSR count). The highest BCUT2D eigenvalue weighted by molar-refractivity contribution is 5.94. The van der Waals surface area contributed by atoms with E-state index in [0.717, 1.165) is 0 Å². The molecule has 1 atom stereocenters. The summed E-state index contributed by atoms with van der Waals surface area (Å²) < 4.78 is 6.84. The van der Waals surface area contributed by atoms with Crippen molar-refractivity contribution in [1.82, 2.24) is 14.8 Å². The predicted octanol–water partition coefficient (Wildman–Crippen LogP) is 1.96. The lowest BCUT2D eigenvalue weighted by Crippen LogP contribution is -2.24. The maximum atomic E-state index is 11.8. The first-order chi connectivity index (χ1) is 9.70. The highest BCUT2D eigenvalue weighted by Crippen LogP contribution is 2.14. The van der Waals surface area contributed by atoms with E-state index in [0.29, 0.717) is 24.5 Å². The van der Waals surface area contributed by atoms with Gasteiger partial charge in [-0.25, -0.2) is 9.78 Å². The van der Waals surface area contributed by atoms with Crippen LogP contribution in [-0.2, 0) is 11.3 Å². The molecule has 2 heterocycles. The number of esters is 1. The Hall–Kier alpha value is -2.37. The smallest absolute Gasteiger partial charge is 0.341 e. The summed E-state index contributed by atoms with van der Waals surface area (Å²) in [7, 11) is 0. The van der Waals surface area contributed by atoms with Crippen molar-refractivity contribution in [3.63, 3.8) is 0 Å². The van der Waals surface area contributed by atoms with Crippen LogP contribution in [0.1, 0.15) is 24.2 Å². The highest BCUT2D eigenvalue weighted by atomic mass is 16.5. The maximum absolute atomic E-state index is 11.8. The number of anilines is 1. The lowest BCUT2D eigenvalue weighted by Gasteiger charge is -2.16. The van der Waals surface area contributed by atoms with Crippen LogP contribution in [0.2, 0.25) is 0 Å². The second kappa shape index (κ2) is 6.70. The molecule has 1 N–H and O–H groups in total. The molecule has 0 bridgehead atoms. The molecule has 1 unspecified atom stereocenters. The van der Waals surface area contributed by atoms with Crippen molar-refractivity contribution in [1.29, 1.82) is 0 Å². The van der Waals surface area contributed by atoms with Gasteiger partial charge in [0.25, 0.3) is 0 Å². The minimum Gasteiger partial charge on any atom is -0.462 e. The maximum Gasteiger partial charge on any atom is 0.341 e. The number of pyridine rings is 1. The van der Waals surface area contributed by atoms with Crippen LogP contribution in [0.4, 0.5) is 5.82 Å². The van der Waals surface area contributed by atoms with Gasteiger partial charge in [-0.05, 0) is 32.0 Å². The summed E-state index contributed by atoms with van der Waals surface area (Å²) in [6, 6.07) is 5.37. The largest absolute Gasteiger partial charge is 0.462 e. The number of ether oxygens (including phenoxy) is 1. The van der Waals surface area contributed by atoms with Crippen molar-refractivity contribution >= 4 is 11.8 Å². The quantitative estimate of drug-likeness (QED) is 0.815. The molecule has 0 aromatic carbocycles. The van der Waals surface area contributed by atoms with Gasteiger partial charge in [0, 0.05) is 24.6 Å². The topological polar surface area (TPSA) is 69.0 Å². The lowest BCUT2D eigenvalue weighted by molar-refractivity contribution is 0.0527. The molecular weight excluding hydrogens is 256 g/mol. The van der Waals surface area contributed by atoms with Crippen molar-refractivity contribution in [3.05, 3.63) is 42.4 Å². The second-order valence-corrected chi connectivity index (χ2v) is 4.39.